The van der Waals surface area contributed by atoms with Gasteiger partial charge in [0.05, 0.1) is 12.7 Å². The maximum atomic E-state index is 12.2. The van der Waals surface area contributed by atoms with Crippen LogP contribution in [-0.4, -0.2) is 64.5 Å². The minimum absolute atomic E-state index is 0.156. The standard InChI is InChI=1S/C30H34ClNO6S/c1-3-32-30(36)20-6-5-7-23(16-20)39-17-25-26(33)27(34)28(35)29(38-25)19-10-13-24(31)21(15-19)14-18-8-11-22(12-9-18)37-4-2/h5-13,15-16,25-29,33-35H,3-4,14,17H2,1-2H3,(H,32,36)/t25-,26+,27-,28-,29+/m1/s1. The molecule has 3 aromatic carbocycles. The molecule has 1 aliphatic heterocycles. The summed E-state index contributed by atoms with van der Waals surface area (Å²) in [6, 6.07) is 20.4. The maximum Gasteiger partial charge on any atom is 0.251 e. The number of aliphatic hydroxyl groups excluding tert-OH is 3. The average Bonchev–Trinajstić information content (AvgIpc) is 2.94. The Morgan fingerprint density at radius 3 is 2.49 bits per heavy atom. The highest BCUT2D eigenvalue weighted by molar-refractivity contribution is 7.99. The van der Waals surface area contributed by atoms with E-state index in [1.54, 1.807) is 30.3 Å². The first-order valence-corrected chi connectivity index (χ1v) is 14.4. The third-order valence-electron chi connectivity index (χ3n) is 6.59. The van der Waals surface area contributed by atoms with Gasteiger partial charge in [0.2, 0.25) is 0 Å². The summed E-state index contributed by atoms with van der Waals surface area (Å²) in [4.78, 5) is 13.0. The molecule has 1 fully saturated rings. The van der Waals surface area contributed by atoms with Gasteiger partial charge in [-0.1, -0.05) is 41.9 Å². The molecule has 4 rings (SSSR count). The van der Waals surface area contributed by atoms with Crippen LogP contribution in [0.4, 0.5) is 0 Å². The number of thioether (sulfide) groups is 1. The predicted octanol–water partition coefficient (Wildman–Crippen LogP) is 4.39. The smallest absolute Gasteiger partial charge is 0.251 e. The van der Waals surface area contributed by atoms with Crippen LogP contribution in [-0.2, 0) is 11.2 Å². The van der Waals surface area contributed by atoms with E-state index in [1.807, 2.05) is 50.2 Å². The first-order valence-electron chi connectivity index (χ1n) is 13.0. The average molecular weight is 572 g/mol. The Balaban J connectivity index is 1.48. The van der Waals surface area contributed by atoms with Crippen molar-refractivity contribution in [3.05, 3.63) is 94.0 Å². The molecule has 208 valence electrons. The van der Waals surface area contributed by atoms with E-state index in [-0.39, 0.29) is 5.91 Å². The molecule has 39 heavy (non-hydrogen) atoms. The molecule has 0 spiro atoms. The summed E-state index contributed by atoms with van der Waals surface area (Å²) in [7, 11) is 0. The van der Waals surface area contributed by atoms with Crippen LogP contribution in [0.3, 0.4) is 0 Å². The summed E-state index contributed by atoms with van der Waals surface area (Å²) in [5, 5.41) is 35.5. The van der Waals surface area contributed by atoms with Gasteiger partial charge in [-0.3, -0.25) is 4.79 Å². The highest BCUT2D eigenvalue weighted by Crippen LogP contribution is 2.36. The number of amides is 1. The molecule has 5 atom stereocenters. The molecule has 0 unspecified atom stereocenters. The Bertz CT molecular complexity index is 1260. The van der Waals surface area contributed by atoms with Crippen molar-refractivity contribution in [1.82, 2.24) is 5.32 Å². The number of hydrogen-bond acceptors (Lipinski definition) is 7. The molecule has 1 amide bonds. The molecule has 3 aromatic rings. The van der Waals surface area contributed by atoms with Crippen LogP contribution in [0.15, 0.2) is 71.6 Å². The van der Waals surface area contributed by atoms with Crippen LogP contribution in [0.1, 0.15) is 47.0 Å². The maximum absolute atomic E-state index is 12.2. The largest absolute Gasteiger partial charge is 0.494 e. The lowest BCUT2D eigenvalue weighted by Crippen LogP contribution is -2.54. The van der Waals surface area contributed by atoms with E-state index in [2.05, 4.69) is 5.32 Å². The van der Waals surface area contributed by atoms with Crippen molar-refractivity contribution in [2.45, 2.75) is 55.7 Å². The monoisotopic (exact) mass is 571 g/mol. The molecule has 1 aliphatic rings. The van der Waals surface area contributed by atoms with Crippen LogP contribution >= 0.6 is 23.4 Å². The van der Waals surface area contributed by atoms with Crippen molar-refractivity contribution >= 4 is 29.3 Å². The Morgan fingerprint density at radius 1 is 1.00 bits per heavy atom. The van der Waals surface area contributed by atoms with Crippen LogP contribution in [0, 0.1) is 0 Å². The number of carbonyl (C=O) groups excluding carboxylic acids is 1. The van der Waals surface area contributed by atoms with Crippen molar-refractivity contribution in [2.75, 3.05) is 18.9 Å². The van der Waals surface area contributed by atoms with Gasteiger partial charge in [0, 0.05) is 27.8 Å². The van der Waals surface area contributed by atoms with E-state index in [1.165, 1.54) is 11.8 Å². The summed E-state index contributed by atoms with van der Waals surface area (Å²) in [5.41, 5.74) is 3.10. The molecule has 0 radical (unpaired) electrons. The zero-order valence-corrected chi connectivity index (χ0v) is 23.5. The van der Waals surface area contributed by atoms with Crippen LogP contribution in [0.25, 0.3) is 0 Å². The molecule has 0 aliphatic carbocycles. The topological polar surface area (TPSA) is 108 Å². The normalized spacial score (nSPS) is 22.9. The molecule has 0 saturated carbocycles. The molecule has 1 heterocycles. The first-order chi connectivity index (χ1) is 18.8. The summed E-state index contributed by atoms with van der Waals surface area (Å²) >= 11 is 7.91. The van der Waals surface area contributed by atoms with Crippen molar-refractivity contribution in [3.63, 3.8) is 0 Å². The Hall–Kier alpha value is -2.59. The van der Waals surface area contributed by atoms with Crippen LogP contribution in [0.2, 0.25) is 5.02 Å². The SMILES string of the molecule is CCNC(=O)c1cccc(SC[C@H]2O[C@@H](c3ccc(Cl)c(Cc4ccc(OCC)cc4)c3)[C@H](O)[C@H](O)[C@H]2O)c1. The fourth-order valence-corrected chi connectivity index (χ4v) is 5.73. The van der Waals surface area contributed by atoms with Crippen molar-refractivity contribution in [2.24, 2.45) is 0 Å². The van der Waals surface area contributed by atoms with Gasteiger partial charge in [-0.05, 0) is 73.4 Å². The number of carbonyl (C=O) groups is 1. The van der Waals surface area contributed by atoms with Crippen LogP contribution in [0.5, 0.6) is 5.75 Å². The summed E-state index contributed by atoms with van der Waals surface area (Å²) in [6.45, 7) is 4.93. The number of hydrogen-bond donors (Lipinski definition) is 4. The lowest BCUT2D eigenvalue weighted by molar-refractivity contribution is -0.218. The highest BCUT2D eigenvalue weighted by Gasteiger charge is 2.44. The third-order valence-corrected chi connectivity index (χ3v) is 8.04. The van der Waals surface area contributed by atoms with E-state index in [0.29, 0.717) is 41.5 Å². The van der Waals surface area contributed by atoms with Gasteiger partial charge in [0.1, 0.15) is 30.2 Å². The van der Waals surface area contributed by atoms with E-state index in [4.69, 9.17) is 21.1 Å². The first kappa shape index (κ1) is 29.4. The fourth-order valence-electron chi connectivity index (χ4n) is 4.53. The van der Waals surface area contributed by atoms with Gasteiger partial charge in [-0.15, -0.1) is 11.8 Å². The van der Waals surface area contributed by atoms with E-state index < -0.39 is 30.5 Å². The quantitative estimate of drug-likeness (QED) is 0.267. The van der Waals surface area contributed by atoms with E-state index >= 15 is 0 Å². The summed E-state index contributed by atoms with van der Waals surface area (Å²) < 4.78 is 11.7. The number of ether oxygens (including phenoxy) is 2. The van der Waals surface area contributed by atoms with Gasteiger partial charge in [-0.2, -0.15) is 0 Å². The second kappa shape index (κ2) is 13.7. The van der Waals surface area contributed by atoms with Crippen molar-refractivity contribution in [3.8, 4) is 5.75 Å². The second-order valence-electron chi connectivity index (χ2n) is 9.37. The lowest BCUT2D eigenvalue weighted by Gasteiger charge is -2.41. The fraction of sp³-hybridized carbons (Fsp3) is 0.367. The summed E-state index contributed by atoms with van der Waals surface area (Å²) in [5.74, 6) is 0.955. The lowest BCUT2D eigenvalue weighted by atomic mass is 9.90. The molecule has 1 saturated heterocycles. The zero-order chi connectivity index (χ0) is 27.9. The number of rotatable bonds is 10. The van der Waals surface area contributed by atoms with Gasteiger partial charge in [0.25, 0.3) is 5.91 Å². The molecule has 0 aromatic heterocycles. The van der Waals surface area contributed by atoms with Crippen molar-refractivity contribution in [1.29, 1.82) is 0 Å². The predicted molar refractivity (Wildman–Crippen MR) is 153 cm³/mol. The van der Waals surface area contributed by atoms with Gasteiger partial charge in [-0.25, -0.2) is 0 Å². The molecular formula is C30H34ClNO6S. The van der Waals surface area contributed by atoms with Gasteiger partial charge >= 0.3 is 0 Å². The van der Waals surface area contributed by atoms with Crippen molar-refractivity contribution < 1.29 is 29.6 Å². The van der Waals surface area contributed by atoms with Gasteiger partial charge in [0.15, 0.2) is 0 Å². The number of aliphatic hydroxyl groups is 3. The molecule has 7 nitrogen and oxygen atoms in total. The zero-order valence-electron chi connectivity index (χ0n) is 21.9. The summed E-state index contributed by atoms with van der Waals surface area (Å²) in [6.07, 6.45) is -5.02. The Labute approximate surface area is 238 Å². The molecule has 9 heteroatoms. The number of halogens is 1. The highest BCUT2D eigenvalue weighted by atomic mass is 35.5. The second-order valence-corrected chi connectivity index (χ2v) is 10.9. The minimum Gasteiger partial charge on any atom is -0.494 e. The number of nitrogens with one attached hydrogen (secondary N) is 1. The number of benzene rings is 3. The Kier molecular flexibility index (Phi) is 10.3. The van der Waals surface area contributed by atoms with Crippen LogP contribution < -0.4 is 10.1 Å². The molecule has 0 bridgehead atoms. The molecule has 4 N–H and O–H groups in total. The van der Waals surface area contributed by atoms with E-state index in [0.717, 1.165) is 21.8 Å². The van der Waals surface area contributed by atoms with Gasteiger partial charge < -0.3 is 30.1 Å². The third kappa shape index (κ3) is 7.33. The Morgan fingerprint density at radius 2 is 1.77 bits per heavy atom. The van der Waals surface area contributed by atoms with E-state index in [9.17, 15) is 20.1 Å². The minimum atomic E-state index is -1.39. The molecular weight excluding hydrogens is 538 g/mol.